The van der Waals surface area contributed by atoms with Crippen LogP contribution in [0.3, 0.4) is 0 Å². The molecule has 0 aromatic heterocycles. The molecule has 2 rings (SSSR count). The Kier molecular flexibility index (Phi) is 3.54. The highest BCUT2D eigenvalue weighted by atomic mass is 35.5. The van der Waals surface area contributed by atoms with Gasteiger partial charge in [0.25, 0.3) is 0 Å². The molecule has 0 radical (unpaired) electrons. The van der Waals surface area contributed by atoms with Crippen molar-refractivity contribution in [2.24, 2.45) is 17.1 Å². The molecule has 18 heavy (non-hydrogen) atoms. The highest BCUT2D eigenvalue weighted by Crippen LogP contribution is 2.64. The Bertz CT molecular complexity index is 378. The quantitative estimate of drug-likeness (QED) is 0.805. The number of carbonyl (C=O) groups excluding carboxylic acids is 2. The van der Waals surface area contributed by atoms with Crippen LogP contribution in [0, 0.1) is 11.3 Å². The number of nitrogens with zero attached hydrogens (tertiary/aromatic N) is 1. The Labute approximate surface area is 117 Å². The summed E-state index contributed by atoms with van der Waals surface area (Å²) >= 11 is 12.0. The van der Waals surface area contributed by atoms with Crippen molar-refractivity contribution in [3.8, 4) is 0 Å². The summed E-state index contributed by atoms with van der Waals surface area (Å²) < 4.78 is -0.909. The molecule has 1 saturated heterocycles. The van der Waals surface area contributed by atoms with Crippen molar-refractivity contribution in [2.45, 2.75) is 36.9 Å². The van der Waals surface area contributed by atoms with Crippen molar-refractivity contribution in [3.05, 3.63) is 0 Å². The van der Waals surface area contributed by atoms with Gasteiger partial charge in [0.15, 0.2) is 0 Å². The highest BCUT2D eigenvalue weighted by Gasteiger charge is 2.68. The average molecular weight is 293 g/mol. The highest BCUT2D eigenvalue weighted by molar-refractivity contribution is 6.53. The van der Waals surface area contributed by atoms with E-state index in [1.54, 1.807) is 0 Å². The minimum Gasteiger partial charge on any atom is -0.370 e. The van der Waals surface area contributed by atoms with E-state index < -0.39 is 9.75 Å². The van der Waals surface area contributed by atoms with Gasteiger partial charge in [0.05, 0.1) is 5.41 Å². The second kappa shape index (κ2) is 4.57. The Morgan fingerprint density at radius 1 is 1.33 bits per heavy atom. The van der Waals surface area contributed by atoms with Gasteiger partial charge in [-0.1, -0.05) is 0 Å². The first-order valence-corrected chi connectivity index (χ1v) is 6.97. The number of rotatable bonds is 3. The van der Waals surface area contributed by atoms with Gasteiger partial charge in [0.2, 0.25) is 11.8 Å². The fourth-order valence-corrected chi connectivity index (χ4v) is 3.30. The molecule has 6 heteroatoms. The molecule has 1 atom stereocenters. The number of amides is 2. The maximum absolute atomic E-state index is 12.3. The number of carbonyl (C=O) groups is 2. The maximum atomic E-state index is 12.3. The standard InChI is InChI=1S/C12H18Cl2N2O2/c1-11(7-12(11,13)14)10(18)16-4-2-8(3-5-16)6-9(15)17/h8H,2-7H2,1H3,(H2,15,17)/t11-/m1/s1. The molecule has 0 aromatic rings. The van der Waals surface area contributed by atoms with Crippen LogP contribution in [0.5, 0.6) is 0 Å². The minimum absolute atomic E-state index is 0.0324. The topological polar surface area (TPSA) is 63.4 Å². The third-order valence-corrected chi connectivity index (χ3v) is 5.22. The molecule has 0 aromatic carbocycles. The molecule has 2 amide bonds. The van der Waals surface area contributed by atoms with Crippen molar-refractivity contribution in [1.82, 2.24) is 4.90 Å². The summed E-state index contributed by atoms with van der Waals surface area (Å²) in [6, 6.07) is 0. The SMILES string of the molecule is C[C@]1(C(=O)N2CCC(CC(N)=O)CC2)CC1(Cl)Cl. The number of halogens is 2. The van der Waals surface area contributed by atoms with Crippen LogP contribution >= 0.6 is 23.2 Å². The number of likely N-dealkylation sites (tertiary alicyclic amines) is 1. The first kappa shape index (κ1) is 13.9. The van der Waals surface area contributed by atoms with Crippen LogP contribution in [0.4, 0.5) is 0 Å². The molecule has 4 nitrogen and oxygen atoms in total. The lowest BCUT2D eigenvalue weighted by Gasteiger charge is -2.33. The van der Waals surface area contributed by atoms with Crippen LogP contribution in [-0.2, 0) is 9.59 Å². The first-order valence-electron chi connectivity index (χ1n) is 6.22. The van der Waals surface area contributed by atoms with E-state index in [-0.39, 0.29) is 11.8 Å². The number of piperidine rings is 1. The van der Waals surface area contributed by atoms with Crippen molar-refractivity contribution < 1.29 is 9.59 Å². The van der Waals surface area contributed by atoms with Crippen LogP contribution in [-0.4, -0.2) is 34.1 Å². The Morgan fingerprint density at radius 2 is 1.83 bits per heavy atom. The lowest BCUT2D eigenvalue weighted by atomic mass is 9.92. The van der Waals surface area contributed by atoms with E-state index >= 15 is 0 Å². The van der Waals surface area contributed by atoms with Crippen LogP contribution in [0.25, 0.3) is 0 Å². The molecule has 1 aliphatic carbocycles. The van der Waals surface area contributed by atoms with E-state index in [0.29, 0.717) is 31.8 Å². The van der Waals surface area contributed by atoms with Crippen LogP contribution in [0.2, 0.25) is 0 Å². The summed E-state index contributed by atoms with van der Waals surface area (Å²) in [5.74, 6) is 0.0646. The second-order valence-electron chi connectivity index (χ2n) is 5.62. The van der Waals surface area contributed by atoms with Crippen molar-refractivity contribution in [2.75, 3.05) is 13.1 Å². The van der Waals surface area contributed by atoms with Crippen molar-refractivity contribution >= 4 is 35.0 Å². The normalized spacial score (nSPS) is 31.2. The number of nitrogens with two attached hydrogens (primary N) is 1. The monoisotopic (exact) mass is 292 g/mol. The van der Waals surface area contributed by atoms with Gasteiger partial charge >= 0.3 is 0 Å². The van der Waals surface area contributed by atoms with Gasteiger partial charge in [-0.15, -0.1) is 23.2 Å². The van der Waals surface area contributed by atoms with Gasteiger partial charge in [-0.25, -0.2) is 0 Å². The summed E-state index contributed by atoms with van der Waals surface area (Å²) in [7, 11) is 0. The van der Waals surface area contributed by atoms with Gasteiger partial charge in [-0.05, 0) is 32.1 Å². The van der Waals surface area contributed by atoms with Gasteiger partial charge in [0, 0.05) is 19.5 Å². The summed E-state index contributed by atoms with van der Waals surface area (Å²) in [5.41, 5.74) is 4.55. The van der Waals surface area contributed by atoms with E-state index in [9.17, 15) is 9.59 Å². The van der Waals surface area contributed by atoms with Crippen molar-refractivity contribution in [1.29, 1.82) is 0 Å². The lowest BCUT2D eigenvalue weighted by molar-refractivity contribution is -0.138. The molecule has 0 bridgehead atoms. The zero-order chi connectivity index (χ0) is 13.6. The van der Waals surface area contributed by atoms with Gasteiger partial charge in [-0.3, -0.25) is 9.59 Å². The summed E-state index contributed by atoms with van der Waals surface area (Å²) in [6.45, 7) is 3.14. The molecule has 1 aliphatic heterocycles. The second-order valence-corrected chi connectivity index (χ2v) is 7.10. The zero-order valence-electron chi connectivity index (χ0n) is 10.4. The van der Waals surface area contributed by atoms with Crippen LogP contribution in [0.1, 0.15) is 32.6 Å². The number of alkyl halides is 2. The van der Waals surface area contributed by atoms with E-state index in [1.807, 2.05) is 11.8 Å². The molecule has 2 aliphatic rings. The summed E-state index contributed by atoms with van der Waals surface area (Å²) in [6.07, 6.45) is 2.57. The summed E-state index contributed by atoms with van der Waals surface area (Å²) in [5, 5.41) is 0. The third kappa shape index (κ3) is 2.45. The molecule has 2 fully saturated rings. The van der Waals surface area contributed by atoms with Gasteiger partial charge in [-0.2, -0.15) is 0 Å². The molecular formula is C12H18Cl2N2O2. The molecule has 1 heterocycles. The fourth-order valence-electron chi connectivity index (χ4n) is 2.61. The van der Waals surface area contributed by atoms with Gasteiger partial charge < -0.3 is 10.6 Å². The van der Waals surface area contributed by atoms with E-state index in [0.717, 1.165) is 12.8 Å². The van der Waals surface area contributed by atoms with E-state index in [1.165, 1.54) is 0 Å². The van der Waals surface area contributed by atoms with E-state index in [2.05, 4.69) is 0 Å². The Balaban J connectivity index is 1.87. The van der Waals surface area contributed by atoms with Crippen molar-refractivity contribution in [3.63, 3.8) is 0 Å². The Morgan fingerprint density at radius 3 is 2.22 bits per heavy atom. The van der Waals surface area contributed by atoms with Gasteiger partial charge in [0.1, 0.15) is 4.33 Å². The number of primary amides is 1. The predicted molar refractivity (Wildman–Crippen MR) is 70.3 cm³/mol. The summed E-state index contributed by atoms with van der Waals surface area (Å²) in [4.78, 5) is 24.9. The number of hydrogen-bond acceptors (Lipinski definition) is 2. The zero-order valence-corrected chi connectivity index (χ0v) is 11.9. The lowest BCUT2D eigenvalue weighted by Crippen LogP contribution is -2.43. The average Bonchev–Trinajstić information content (AvgIpc) is 2.79. The predicted octanol–water partition coefficient (Wildman–Crippen LogP) is 1.68. The largest absolute Gasteiger partial charge is 0.370 e. The van der Waals surface area contributed by atoms with Crippen LogP contribution < -0.4 is 5.73 Å². The fraction of sp³-hybridized carbons (Fsp3) is 0.833. The number of hydrogen-bond donors (Lipinski definition) is 1. The Hall–Kier alpha value is -0.480. The van der Waals surface area contributed by atoms with Crippen LogP contribution in [0.15, 0.2) is 0 Å². The third-order valence-electron chi connectivity index (χ3n) is 4.12. The molecule has 102 valence electrons. The molecule has 2 N–H and O–H groups in total. The molecule has 0 spiro atoms. The van der Waals surface area contributed by atoms with E-state index in [4.69, 9.17) is 28.9 Å². The maximum Gasteiger partial charge on any atom is 0.231 e. The molecular weight excluding hydrogens is 275 g/mol. The molecule has 0 unspecified atom stereocenters. The molecule has 1 saturated carbocycles. The minimum atomic E-state index is -0.909. The first-order chi connectivity index (χ1) is 8.26. The smallest absolute Gasteiger partial charge is 0.231 e.